The van der Waals surface area contributed by atoms with E-state index < -0.39 is 0 Å². The molecular formula is C25H24BrN3O2S. The number of aromatic nitrogens is 2. The summed E-state index contributed by atoms with van der Waals surface area (Å²) in [5.74, 6) is 1.14. The van der Waals surface area contributed by atoms with E-state index in [4.69, 9.17) is 4.74 Å². The van der Waals surface area contributed by atoms with Crippen LogP contribution >= 0.6 is 27.3 Å². The number of rotatable bonds is 7. The van der Waals surface area contributed by atoms with E-state index in [1.54, 1.807) is 0 Å². The summed E-state index contributed by atoms with van der Waals surface area (Å²) in [7, 11) is 0. The molecular weight excluding hydrogens is 486 g/mol. The van der Waals surface area contributed by atoms with Gasteiger partial charge in [-0.3, -0.25) is 9.48 Å². The summed E-state index contributed by atoms with van der Waals surface area (Å²) in [5, 5.41) is 9.35. The zero-order chi connectivity index (χ0) is 22.7. The highest BCUT2D eigenvalue weighted by molar-refractivity contribution is 9.10. The molecule has 0 aliphatic rings. The van der Waals surface area contributed by atoms with E-state index in [1.807, 2.05) is 40.5 Å². The third kappa shape index (κ3) is 5.47. The zero-order valence-electron chi connectivity index (χ0n) is 18.2. The van der Waals surface area contributed by atoms with Gasteiger partial charge in [-0.25, -0.2) is 0 Å². The number of hydrogen-bond acceptors (Lipinski definition) is 4. The Bertz CT molecular complexity index is 1240. The van der Waals surface area contributed by atoms with E-state index in [0.29, 0.717) is 23.8 Å². The highest BCUT2D eigenvalue weighted by atomic mass is 79.9. The molecule has 0 unspecified atom stereocenters. The summed E-state index contributed by atoms with van der Waals surface area (Å²) in [4.78, 5) is 13.3. The molecule has 0 bridgehead atoms. The van der Waals surface area contributed by atoms with Crippen LogP contribution in [0.3, 0.4) is 0 Å². The minimum Gasteiger partial charge on any atom is -0.489 e. The molecule has 0 aliphatic heterocycles. The van der Waals surface area contributed by atoms with Crippen LogP contribution in [0.4, 0.5) is 5.82 Å². The van der Waals surface area contributed by atoms with E-state index >= 15 is 0 Å². The molecule has 1 amide bonds. The summed E-state index contributed by atoms with van der Waals surface area (Å²) in [6.45, 7) is 7.25. The van der Waals surface area contributed by atoms with E-state index in [1.165, 1.54) is 28.0 Å². The predicted octanol–water partition coefficient (Wildman–Crippen LogP) is 6.51. The average molecular weight is 510 g/mol. The summed E-state index contributed by atoms with van der Waals surface area (Å²) >= 11 is 4.89. The normalized spacial score (nSPS) is 10.9. The Hall–Kier alpha value is -2.90. The lowest BCUT2D eigenvalue weighted by atomic mass is 10.1. The van der Waals surface area contributed by atoms with Crippen molar-refractivity contribution in [3.05, 3.63) is 97.3 Å². The second-order valence-corrected chi connectivity index (χ2v) is 9.58. The predicted molar refractivity (Wildman–Crippen MR) is 133 cm³/mol. The Balaban J connectivity index is 1.37. The van der Waals surface area contributed by atoms with Crippen molar-refractivity contribution in [1.29, 1.82) is 0 Å². The lowest BCUT2D eigenvalue weighted by Crippen LogP contribution is -2.11. The van der Waals surface area contributed by atoms with Crippen molar-refractivity contribution in [2.75, 3.05) is 5.32 Å². The maximum atomic E-state index is 12.7. The van der Waals surface area contributed by atoms with Crippen LogP contribution in [0.2, 0.25) is 0 Å². The molecule has 32 heavy (non-hydrogen) atoms. The molecule has 2 heterocycles. The molecule has 0 fully saturated rings. The van der Waals surface area contributed by atoms with Gasteiger partial charge in [-0.15, -0.1) is 11.3 Å². The van der Waals surface area contributed by atoms with Gasteiger partial charge in [0.25, 0.3) is 5.91 Å². The molecule has 1 N–H and O–H groups in total. The van der Waals surface area contributed by atoms with E-state index in [0.717, 1.165) is 21.3 Å². The highest BCUT2D eigenvalue weighted by Gasteiger charge is 2.14. The number of anilines is 1. The molecule has 4 aromatic rings. The molecule has 0 saturated carbocycles. The van der Waals surface area contributed by atoms with Crippen LogP contribution in [0.25, 0.3) is 0 Å². The molecule has 0 radical (unpaired) electrons. The van der Waals surface area contributed by atoms with Crippen LogP contribution in [0, 0.1) is 20.8 Å². The number of ether oxygens (including phenoxy) is 1. The minimum atomic E-state index is -0.186. The molecule has 7 heteroatoms. The van der Waals surface area contributed by atoms with Gasteiger partial charge in [0.15, 0.2) is 5.82 Å². The number of hydrogen-bond donors (Lipinski definition) is 1. The van der Waals surface area contributed by atoms with E-state index in [2.05, 4.69) is 71.4 Å². The van der Waals surface area contributed by atoms with Gasteiger partial charge in [0.1, 0.15) is 12.4 Å². The summed E-state index contributed by atoms with van der Waals surface area (Å²) in [6, 6.07) is 16.2. The lowest BCUT2D eigenvalue weighted by Gasteiger charge is -2.07. The molecule has 2 aromatic carbocycles. The van der Waals surface area contributed by atoms with E-state index in [9.17, 15) is 4.79 Å². The SMILES string of the molecule is Cc1ccc(Cn2cc(Br)c(NC(=O)c3cc(COc4ccc(C)c(C)c4)cs3)n2)cc1. The van der Waals surface area contributed by atoms with Crippen LogP contribution in [0.15, 0.2) is 64.6 Å². The molecule has 0 spiro atoms. The van der Waals surface area contributed by atoms with Crippen LogP contribution in [0.1, 0.15) is 37.5 Å². The highest BCUT2D eigenvalue weighted by Crippen LogP contribution is 2.24. The van der Waals surface area contributed by atoms with Crippen molar-refractivity contribution in [1.82, 2.24) is 9.78 Å². The fourth-order valence-electron chi connectivity index (χ4n) is 3.15. The maximum absolute atomic E-state index is 12.7. The first-order chi connectivity index (χ1) is 15.4. The van der Waals surface area contributed by atoms with Gasteiger partial charge in [0, 0.05) is 11.8 Å². The molecule has 4 rings (SSSR count). The number of aryl methyl sites for hydroxylation is 3. The van der Waals surface area contributed by atoms with Gasteiger partial charge in [0.2, 0.25) is 0 Å². The third-order valence-electron chi connectivity index (χ3n) is 5.18. The first-order valence-corrected chi connectivity index (χ1v) is 11.9. The van der Waals surface area contributed by atoms with Crippen LogP contribution < -0.4 is 10.1 Å². The smallest absolute Gasteiger partial charge is 0.266 e. The largest absolute Gasteiger partial charge is 0.489 e. The Kier molecular flexibility index (Phi) is 6.77. The zero-order valence-corrected chi connectivity index (χ0v) is 20.6. The van der Waals surface area contributed by atoms with Crippen molar-refractivity contribution < 1.29 is 9.53 Å². The van der Waals surface area contributed by atoms with E-state index in [-0.39, 0.29) is 5.91 Å². The van der Waals surface area contributed by atoms with Crippen molar-refractivity contribution in [3.8, 4) is 5.75 Å². The Morgan fingerprint density at radius 2 is 1.84 bits per heavy atom. The number of carbonyl (C=O) groups excluding carboxylic acids is 1. The third-order valence-corrected chi connectivity index (χ3v) is 6.73. The number of nitrogens with one attached hydrogen (secondary N) is 1. The van der Waals surface area contributed by atoms with Crippen molar-refractivity contribution in [2.45, 2.75) is 33.9 Å². The maximum Gasteiger partial charge on any atom is 0.266 e. The Labute approximate surface area is 200 Å². The Morgan fingerprint density at radius 1 is 1.06 bits per heavy atom. The van der Waals surface area contributed by atoms with Gasteiger partial charge in [-0.2, -0.15) is 5.10 Å². The van der Waals surface area contributed by atoms with Crippen molar-refractivity contribution in [2.24, 2.45) is 0 Å². The van der Waals surface area contributed by atoms with Crippen molar-refractivity contribution in [3.63, 3.8) is 0 Å². The monoisotopic (exact) mass is 509 g/mol. The second kappa shape index (κ2) is 9.71. The van der Waals surface area contributed by atoms with Crippen LogP contribution in [0.5, 0.6) is 5.75 Å². The number of thiophene rings is 1. The second-order valence-electron chi connectivity index (χ2n) is 7.82. The number of amides is 1. The number of carbonyl (C=O) groups is 1. The fraction of sp³-hybridized carbons (Fsp3) is 0.200. The molecule has 0 saturated heterocycles. The lowest BCUT2D eigenvalue weighted by molar-refractivity contribution is 0.103. The quantitative estimate of drug-likeness (QED) is 0.308. The fourth-order valence-corrected chi connectivity index (χ4v) is 4.36. The van der Waals surface area contributed by atoms with Gasteiger partial charge in [0.05, 0.1) is 15.9 Å². The first kappa shape index (κ1) is 22.3. The standard InChI is InChI=1S/C25H24BrN3O2S/c1-16-4-7-19(8-5-16)12-29-13-22(26)24(28-29)27-25(30)23-11-20(15-32-23)14-31-21-9-6-17(2)18(3)10-21/h4-11,13,15H,12,14H2,1-3H3,(H,27,28,30). The summed E-state index contributed by atoms with van der Waals surface area (Å²) in [6.07, 6.45) is 1.87. The average Bonchev–Trinajstić information content (AvgIpc) is 3.37. The first-order valence-electron chi connectivity index (χ1n) is 10.2. The Morgan fingerprint density at radius 3 is 2.59 bits per heavy atom. The molecule has 0 aliphatic carbocycles. The summed E-state index contributed by atoms with van der Waals surface area (Å²) < 4.78 is 8.43. The molecule has 5 nitrogen and oxygen atoms in total. The number of benzene rings is 2. The van der Waals surface area contributed by atoms with Gasteiger partial charge >= 0.3 is 0 Å². The molecule has 164 valence electrons. The minimum absolute atomic E-state index is 0.186. The number of nitrogens with zero attached hydrogens (tertiary/aromatic N) is 2. The molecule has 2 aromatic heterocycles. The topological polar surface area (TPSA) is 56.2 Å². The number of halogens is 1. The van der Waals surface area contributed by atoms with Gasteiger partial charge in [-0.1, -0.05) is 35.9 Å². The summed E-state index contributed by atoms with van der Waals surface area (Å²) in [5.41, 5.74) is 5.76. The van der Waals surface area contributed by atoms with Gasteiger partial charge in [-0.05, 0) is 77.0 Å². The van der Waals surface area contributed by atoms with Crippen molar-refractivity contribution >= 4 is 39.0 Å². The molecule has 0 atom stereocenters. The van der Waals surface area contributed by atoms with Gasteiger partial charge < -0.3 is 10.1 Å². The van der Waals surface area contributed by atoms with Crippen LogP contribution in [-0.4, -0.2) is 15.7 Å². The van der Waals surface area contributed by atoms with Crippen LogP contribution in [-0.2, 0) is 13.2 Å².